The SMILES string of the molecule is CCC(F)CC(=O)Nc1ccc(NC(=O)C(CC)Oc2ccc(C(C)(C)CC)cc2C(C)(C)CC)cc1O. The molecule has 7 heteroatoms. The van der Waals surface area contributed by atoms with Crippen LogP contribution in [0.3, 0.4) is 0 Å². The number of nitrogens with one attached hydrogen (secondary N) is 2. The average Bonchev–Trinajstić information content (AvgIpc) is 2.88. The lowest BCUT2D eigenvalue weighted by Gasteiger charge is -2.31. The zero-order valence-electron chi connectivity index (χ0n) is 24.2. The molecule has 0 heterocycles. The number of alkyl halides is 1. The first kappa shape index (κ1) is 31.1. The minimum Gasteiger partial charge on any atom is -0.506 e. The van der Waals surface area contributed by atoms with E-state index in [-0.39, 0.29) is 41.0 Å². The Kier molecular flexibility index (Phi) is 10.7. The van der Waals surface area contributed by atoms with Crippen LogP contribution >= 0.6 is 0 Å². The van der Waals surface area contributed by atoms with Gasteiger partial charge in [-0.15, -0.1) is 0 Å². The van der Waals surface area contributed by atoms with Crippen LogP contribution in [0.15, 0.2) is 36.4 Å². The van der Waals surface area contributed by atoms with E-state index in [9.17, 15) is 19.1 Å². The zero-order valence-corrected chi connectivity index (χ0v) is 24.2. The zero-order chi connectivity index (χ0) is 28.7. The van der Waals surface area contributed by atoms with Crippen LogP contribution in [0.25, 0.3) is 0 Å². The number of ether oxygens (including phenoxy) is 1. The average molecular weight is 529 g/mol. The molecule has 210 valence electrons. The molecule has 2 aromatic carbocycles. The fourth-order valence-corrected chi connectivity index (χ4v) is 3.94. The summed E-state index contributed by atoms with van der Waals surface area (Å²) in [7, 11) is 0. The van der Waals surface area contributed by atoms with Crippen LogP contribution in [-0.2, 0) is 20.4 Å². The molecule has 0 fully saturated rings. The van der Waals surface area contributed by atoms with Crippen molar-refractivity contribution >= 4 is 23.2 Å². The molecule has 2 rings (SSSR count). The molecule has 3 N–H and O–H groups in total. The summed E-state index contributed by atoms with van der Waals surface area (Å²) in [4.78, 5) is 25.1. The smallest absolute Gasteiger partial charge is 0.265 e. The highest BCUT2D eigenvalue weighted by Crippen LogP contribution is 2.39. The quantitative estimate of drug-likeness (QED) is 0.233. The van der Waals surface area contributed by atoms with E-state index in [4.69, 9.17) is 4.74 Å². The number of benzene rings is 2. The number of rotatable bonds is 13. The minimum atomic E-state index is -1.24. The standard InChI is InChI=1S/C31H45FN2O4/c1-9-21(32)18-28(36)34-24-15-14-22(19-25(24)35)33-29(37)26(10-2)38-27-16-13-20(30(5,6)11-3)17-23(27)31(7,8)12-4/h13-17,19,21,26,35H,9-12,18H2,1-8H3,(H,33,37)(H,34,36). The molecule has 0 saturated heterocycles. The minimum absolute atomic E-state index is 0.0237. The highest BCUT2D eigenvalue weighted by atomic mass is 19.1. The van der Waals surface area contributed by atoms with Crippen molar-refractivity contribution < 1.29 is 23.8 Å². The van der Waals surface area contributed by atoms with Crippen molar-refractivity contribution in [2.24, 2.45) is 0 Å². The van der Waals surface area contributed by atoms with Gasteiger partial charge in [-0.1, -0.05) is 67.5 Å². The number of phenols is 1. The fourth-order valence-electron chi connectivity index (χ4n) is 3.94. The first-order chi connectivity index (χ1) is 17.8. The van der Waals surface area contributed by atoms with Gasteiger partial charge in [-0.05, 0) is 60.3 Å². The first-order valence-corrected chi connectivity index (χ1v) is 13.7. The van der Waals surface area contributed by atoms with Crippen molar-refractivity contribution in [3.63, 3.8) is 0 Å². The largest absolute Gasteiger partial charge is 0.506 e. The number of anilines is 2. The van der Waals surface area contributed by atoms with Crippen LogP contribution in [-0.4, -0.2) is 29.2 Å². The lowest BCUT2D eigenvalue weighted by atomic mass is 9.76. The summed E-state index contributed by atoms with van der Waals surface area (Å²) >= 11 is 0. The predicted octanol–water partition coefficient (Wildman–Crippen LogP) is 7.64. The third-order valence-corrected chi connectivity index (χ3v) is 7.58. The van der Waals surface area contributed by atoms with Crippen molar-refractivity contribution in [3.8, 4) is 11.5 Å². The summed E-state index contributed by atoms with van der Waals surface area (Å²) in [5, 5.41) is 15.6. The van der Waals surface area contributed by atoms with E-state index in [1.54, 1.807) is 13.0 Å². The van der Waals surface area contributed by atoms with E-state index < -0.39 is 18.2 Å². The predicted molar refractivity (Wildman–Crippen MR) is 153 cm³/mol. The Balaban J connectivity index is 2.22. The van der Waals surface area contributed by atoms with Gasteiger partial charge in [0.25, 0.3) is 5.91 Å². The molecule has 2 unspecified atom stereocenters. The lowest BCUT2D eigenvalue weighted by Crippen LogP contribution is -2.33. The maximum absolute atomic E-state index is 13.5. The highest BCUT2D eigenvalue weighted by molar-refractivity contribution is 5.96. The first-order valence-electron chi connectivity index (χ1n) is 13.7. The molecular weight excluding hydrogens is 483 g/mol. The highest BCUT2D eigenvalue weighted by Gasteiger charge is 2.29. The van der Waals surface area contributed by atoms with Gasteiger partial charge in [0.15, 0.2) is 6.10 Å². The Morgan fingerprint density at radius 3 is 2.13 bits per heavy atom. The van der Waals surface area contributed by atoms with Crippen LogP contribution in [0.5, 0.6) is 11.5 Å². The molecule has 0 aliphatic rings. The maximum atomic E-state index is 13.5. The van der Waals surface area contributed by atoms with Crippen molar-refractivity contribution in [1.29, 1.82) is 0 Å². The monoisotopic (exact) mass is 528 g/mol. The van der Waals surface area contributed by atoms with Crippen molar-refractivity contribution in [1.82, 2.24) is 0 Å². The van der Waals surface area contributed by atoms with E-state index in [0.29, 0.717) is 17.9 Å². The maximum Gasteiger partial charge on any atom is 0.265 e. The molecule has 38 heavy (non-hydrogen) atoms. The van der Waals surface area contributed by atoms with Crippen molar-refractivity contribution in [3.05, 3.63) is 47.5 Å². The molecule has 2 amide bonds. The summed E-state index contributed by atoms with van der Waals surface area (Å²) in [5.41, 5.74) is 2.70. The Labute approximate surface area is 227 Å². The molecule has 2 atom stereocenters. The number of hydrogen-bond acceptors (Lipinski definition) is 4. The number of carbonyl (C=O) groups is 2. The number of amides is 2. The second kappa shape index (κ2) is 13.1. The fraction of sp³-hybridized carbons (Fsp3) is 0.548. The van der Waals surface area contributed by atoms with E-state index in [0.717, 1.165) is 18.4 Å². The van der Waals surface area contributed by atoms with Gasteiger partial charge in [0.05, 0.1) is 12.1 Å². The molecule has 2 aromatic rings. The van der Waals surface area contributed by atoms with E-state index >= 15 is 0 Å². The Morgan fingerprint density at radius 1 is 0.921 bits per heavy atom. The Hall–Kier alpha value is -3.09. The van der Waals surface area contributed by atoms with Gasteiger partial charge in [-0.2, -0.15) is 0 Å². The van der Waals surface area contributed by atoms with E-state index in [2.05, 4.69) is 64.3 Å². The van der Waals surface area contributed by atoms with Gasteiger partial charge in [0.2, 0.25) is 5.91 Å². The number of halogens is 1. The molecule has 0 saturated carbocycles. The molecule has 0 radical (unpaired) electrons. The van der Waals surface area contributed by atoms with Crippen LogP contribution in [0, 0.1) is 0 Å². The molecule has 0 aliphatic heterocycles. The molecular formula is C31H45FN2O4. The second-order valence-corrected chi connectivity index (χ2v) is 11.2. The van der Waals surface area contributed by atoms with Gasteiger partial charge < -0.3 is 20.5 Å². The summed E-state index contributed by atoms with van der Waals surface area (Å²) in [6.07, 6.45) is 0.338. The van der Waals surface area contributed by atoms with Gasteiger partial charge >= 0.3 is 0 Å². The van der Waals surface area contributed by atoms with Gasteiger partial charge in [-0.25, -0.2) is 4.39 Å². The van der Waals surface area contributed by atoms with Crippen LogP contribution in [0.4, 0.5) is 15.8 Å². The van der Waals surface area contributed by atoms with Gasteiger partial charge in [0, 0.05) is 17.3 Å². The Bertz CT molecular complexity index is 1110. The number of phenolic OH excluding ortho intramolecular Hbond substituents is 1. The van der Waals surface area contributed by atoms with E-state index in [1.807, 2.05) is 13.0 Å². The van der Waals surface area contributed by atoms with Crippen molar-refractivity contribution in [2.45, 2.75) is 111 Å². The summed E-state index contributed by atoms with van der Waals surface area (Å²) in [6, 6.07) is 10.7. The van der Waals surface area contributed by atoms with Crippen LogP contribution in [0.2, 0.25) is 0 Å². The third kappa shape index (κ3) is 7.95. The lowest BCUT2D eigenvalue weighted by molar-refractivity contribution is -0.123. The Morgan fingerprint density at radius 2 is 1.58 bits per heavy atom. The van der Waals surface area contributed by atoms with Gasteiger partial charge in [-0.3, -0.25) is 9.59 Å². The molecule has 6 nitrogen and oxygen atoms in total. The molecule has 0 spiro atoms. The van der Waals surface area contributed by atoms with Crippen molar-refractivity contribution in [2.75, 3.05) is 10.6 Å². The topological polar surface area (TPSA) is 87.7 Å². The molecule has 0 bridgehead atoms. The summed E-state index contributed by atoms with van der Waals surface area (Å²) in [6.45, 7) is 16.7. The normalized spacial score (nSPS) is 13.5. The number of carbonyl (C=O) groups excluding carboxylic acids is 2. The number of hydrogen-bond donors (Lipinski definition) is 3. The molecule has 0 aliphatic carbocycles. The van der Waals surface area contributed by atoms with Crippen LogP contribution in [0.1, 0.15) is 98.6 Å². The third-order valence-electron chi connectivity index (χ3n) is 7.58. The summed E-state index contributed by atoms with van der Waals surface area (Å²) < 4.78 is 19.8. The van der Waals surface area contributed by atoms with Crippen LogP contribution < -0.4 is 15.4 Å². The molecule has 0 aromatic heterocycles. The second-order valence-electron chi connectivity index (χ2n) is 11.2. The van der Waals surface area contributed by atoms with E-state index in [1.165, 1.54) is 17.7 Å². The summed E-state index contributed by atoms with van der Waals surface area (Å²) in [5.74, 6) is -0.401. The van der Waals surface area contributed by atoms with Gasteiger partial charge in [0.1, 0.15) is 17.7 Å². The number of aromatic hydroxyl groups is 1.